The molecule has 1 aliphatic heterocycles. The van der Waals surface area contributed by atoms with Crippen molar-refractivity contribution >= 4 is 35.0 Å². The lowest BCUT2D eigenvalue weighted by atomic mass is 10.1. The third kappa shape index (κ3) is 4.88. The van der Waals surface area contributed by atoms with E-state index in [1.165, 1.54) is 6.07 Å². The first kappa shape index (κ1) is 16.1. The van der Waals surface area contributed by atoms with Crippen LogP contribution in [0.25, 0.3) is 0 Å². The molecule has 1 fully saturated rings. The van der Waals surface area contributed by atoms with Gasteiger partial charge in [0, 0.05) is 18.2 Å². The Labute approximate surface area is 133 Å². The molecule has 1 heterocycles. The van der Waals surface area contributed by atoms with Crippen LogP contribution in [-0.4, -0.2) is 37.5 Å². The SMILES string of the molecule is O=C(CNC(=O)c1ccc(Cl)c(Cl)c1)NC1CCCNC1. The second kappa shape index (κ2) is 7.64. The molecule has 21 heavy (non-hydrogen) atoms. The fourth-order valence-electron chi connectivity index (χ4n) is 2.15. The Hall–Kier alpha value is -1.30. The third-order valence-electron chi connectivity index (χ3n) is 3.25. The lowest BCUT2D eigenvalue weighted by Crippen LogP contribution is -2.48. The highest BCUT2D eigenvalue weighted by molar-refractivity contribution is 6.42. The lowest BCUT2D eigenvalue weighted by Gasteiger charge is -2.23. The van der Waals surface area contributed by atoms with E-state index < -0.39 is 0 Å². The Balaban J connectivity index is 1.80. The topological polar surface area (TPSA) is 70.2 Å². The van der Waals surface area contributed by atoms with Crippen molar-refractivity contribution in [3.05, 3.63) is 33.8 Å². The van der Waals surface area contributed by atoms with Gasteiger partial charge in [-0.15, -0.1) is 0 Å². The number of carbonyl (C=O) groups is 2. The largest absolute Gasteiger partial charge is 0.351 e. The number of hydrogen-bond acceptors (Lipinski definition) is 3. The normalized spacial score (nSPS) is 18.1. The Kier molecular flexibility index (Phi) is 5.85. The van der Waals surface area contributed by atoms with Crippen molar-refractivity contribution in [1.29, 1.82) is 0 Å². The summed E-state index contributed by atoms with van der Waals surface area (Å²) in [6, 6.07) is 4.72. The Morgan fingerprint density at radius 2 is 2.10 bits per heavy atom. The summed E-state index contributed by atoms with van der Waals surface area (Å²) in [5, 5.41) is 9.35. The molecule has 0 aromatic heterocycles. The first-order valence-electron chi connectivity index (χ1n) is 6.79. The van der Waals surface area contributed by atoms with Crippen LogP contribution in [-0.2, 0) is 4.79 Å². The van der Waals surface area contributed by atoms with E-state index in [2.05, 4.69) is 16.0 Å². The van der Waals surface area contributed by atoms with Crippen molar-refractivity contribution in [3.63, 3.8) is 0 Å². The maximum Gasteiger partial charge on any atom is 0.251 e. The summed E-state index contributed by atoms with van der Waals surface area (Å²) < 4.78 is 0. The molecule has 114 valence electrons. The number of amides is 2. The number of piperidine rings is 1. The molecule has 5 nitrogen and oxygen atoms in total. The molecule has 1 aromatic rings. The maximum absolute atomic E-state index is 11.9. The predicted molar refractivity (Wildman–Crippen MR) is 82.8 cm³/mol. The minimum Gasteiger partial charge on any atom is -0.351 e. The smallest absolute Gasteiger partial charge is 0.251 e. The lowest BCUT2D eigenvalue weighted by molar-refractivity contribution is -0.120. The quantitative estimate of drug-likeness (QED) is 0.785. The molecule has 0 bridgehead atoms. The van der Waals surface area contributed by atoms with Gasteiger partial charge < -0.3 is 16.0 Å². The van der Waals surface area contributed by atoms with Gasteiger partial charge in [0.05, 0.1) is 16.6 Å². The van der Waals surface area contributed by atoms with Gasteiger partial charge in [-0.25, -0.2) is 0 Å². The van der Waals surface area contributed by atoms with E-state index in [9.17, 15) is 9.59 Å². The molecule has 7 heteroatoms. The number of benzene rings is 1. The molecule has 1 unspecified atom stereocenters. The van der Waals surface area contributed by atoms with E-state index in [-0.39, 0.29) is 24.4 Å². The highest BCUT2D eigenvalue weighted by Gasteiger charge is 2.16. The molecule has 1 saturated heterocycles. The van der Waals surface area contributed by atoms with E-state index in [0.717, 1.165) is 25.9 Å². The van der Waals surface area contributed by atoms with Crippen molar-refractivity contribution < 1.29 is 9.59 Å². The van der Waals surface area contributed by atoms with E-state index in [1.807, 2.05) is 0 Å². The molecule has 0 radical (unpaired) electrons. The second-order valence-electron chi connectivity index (χ2n) is 4.92. The van der Waals surface area contributed by atoms with Gasteiger partial charge >= 0.3 is 0 Å². The number of rotatable bonds is 4. The van der Waals surface area contributed by atoms with Crippen LogP contribution >= 0.6 is 23.2 Å². The molecular formula is C14H17Cl2N3O2. The molecule has 0 saturated carbocycles. The first-order valence-corrected chi connectivity index (χ1v) is 7.55. The van der Waals surface area contributed by atoms with Gasteiger partial charge in [0.25, 0.3) is 5.91 Å². The average molecular weight is 330 g/mol. The molecule has 0 spiro atoms. The highest BCUT2D eigenvalue weighted by atomic mass is 35.5. The van der Waals surface area contributed by atoms with Crippen molar-refractivity contribution in [1.82, 2.24) is 16.0 Å². The van der Waals surface area contributed by atoms with Crippen LogP contribution in [0.3, 0.4) is 0 Å². The Bertz CT molecular complexity index is 531. The minimum absolute atomic E-state index is 0.0599. The van der Waals surface area contributed by atoms with E-state index >= 15 is 0 Å². The zero-order valence-corrected chi connectivity index (χ0v) is 12.9. The maximum atomic E-state index is 11.9. The monoisotopic (exact) mass is 329 g/mol. The fourth-order valence-corrected chi connectivity index (χ4v) is 2.45. The number of hydrogen-bond donors (Lipinski definition) is 3. The molecular weight excluding hydrogens is 313 g/mol. The number of carbonyl (C=O) groups excluding carboxylic acids is 2. The van der Waals surface area contributed by atoms with Gasteiger partial charge in [0.15, 0.2) is 0 Å². The third-order valence-corrected chi connectivity index (χ3v) is 3.99. The predicted octanol–water partition coefficient (Wildman–Crippen LogP) is 1.59. The van der Waals surface area contributed by atoms with Crippen LogP contribution in [0, 0.1) is 0 Å². The zero-order chi connectivity index (χ0) is 15.2. The van der Waals surface area contributed by atoms with Crippen LogP contribution in [0.4, 0.5) is 0 Å². The van der Waals surface area contributed by atoms with Crippen molar-refractivity contribution in [2.45, 2.75) is 18.9 Å². The summed E-state index contributed by atoms with van der Waals surface area (Å²) in [5.74, 6) is -0.553. The summed E-state index contributed by atoms with van der Waals surface area (Å²) >= 11 is 11.6. The van der Waals surface area contributed by atoms with Gasteiger partial charge in [-0.05, 0) is 37.6 Å². The van der Waals surface area contributed by atoms with Crippen LogP contribution in [0.2, 0.25) is 10.0 Å². The molecule has 1 aromatic carbocycles. The summed E-state index contributed by atoms with van der Waals surface area (Å²) in [5.41, 5.74) is 0.372. The summed E-state index contributed by atoms with van der Waals surface area (Å²) in [7, 11) is 0. The van der Waals surface area contributed by atoms with Gasteiger partial charge in [-0.1, -0.05) is 23.2 Å². The number of halogens is 2. The van der Waals surface area contributed by atoms with Crippen molar-refractivity contribution in [2.75, 3.05) is 19.6 Å². The van der Waals surface area contributed by atoms with Gasteiger partial charge in [-0.2, -0.15) is 0 Å². The minimum atomic E-state index is -0.356. The molecule has 2 amide bonds. The second-order valence-corrected chi connectivity index (χ2v) is 5.74. The number of nitrogens with one attached hydrogen (secondary N) is 3. The first-order chi connectivity index (χ1) is 10.1. The Morgan fingerprint density at radius 3 is 2.76 bits per heavy atom. The average Bonchev–Trinajstić information content (AvgIpc) is 2.48. The Morgan fingerprint density at radius 1 is 1.29 bits per heavy atom. The van der Waals surface area contributed by atoms with Gasteiger partial charge in [-0.3, -0.25) is 9.59 Å². The standard InChI is InChI=1S/C14H17Cl2N3O2/c15-11-4-3-9(6-12(11)16)14(21)18-8-13(20)19-10-2-1-5-17-7-10/h3-4,6,10,17H,1-2,5,7-8H2,(H,18,21)(H,19,20). The summed E-state index contributed by atoms with van der Waals surface area (Å²) in [6.45, 7) is 1.70. The van der Waals surface area contributed by atoms with Crippen LogP contribution in [0.15, 0.2) is 18.2 Å². The van der Waals surface area contributed by atoms with Crippen molar-refractivity contribution in [3.8, 4) is 0 Å². The molecule has 2 rings (SSSR count). The molecule has 3 N–H and O–H groups in total. The van der Waals surface area contributed by atoms with Crippen LogP contribution < -0.4 is 16.0 Å². The summed E-state index contributed by atoms with van der Waals surface area (Å²) in [4.78, 5) is 23.7. The summed E-state index contributed by atoms with van der Waals surface area (Å²) in [6.07, 6.45) is 2.00. The zero-order valence-electron chi connectivity index (χ0n) is 11.4. The van der Waals surface area contributed by atoms with E-state index in [1.54, 1.807) is 12.1 Å². The van der Waals surface area contributed by atoms with Gasteiger partial charge in [0.1, 0.15) is 0 Å². The molecule has 1 atom stereocenters. The van der Waals surface area contributed by atoms with E-state index in [4.69, 9.17) is 23.2 Å². The highest BCUT2D eigenvalue weighted by Crippen LogP contribution is 2.22. The van der Waals surface area contributed by atoms with E-state index in [0.29, 0.717) is 15.6 Å². The molecule has 1 aliphatic rings. The van der Waals surface area contributed by atoms with Crippen LogP contribution in [0.1, 0.15) is 23.2 Å². The fraction of sp³-hybridized carbons (Fsp3) is 0.429. The van der Waals surface area contributed by atoms with Crippen LogP contribution in [0.5, 0.6) is 0 Å². The van der Waals surface area contributed by atoms with Gasteiger partial charge in [0.2, 0.25) is 5.91 Å². The molecule has 0 aliphatic carbocycles. The van der Waals surface area contributed by atoms with Crippen molar-refractivity contribution in [2.24, 2.45) is 0 Å².